The Morgan fingerprint density at radius 1 is 1.04 bits per heavy atom. The first kappa shape index (κ1) is 14.4. The van der Waals surface area contributed by atoms with Crippen LogP contribution < -0.4 is 4.90 Å². The summed E-state index contributed by atoms with van der Waals surface area (Å²) in [4.78, 5) is 28.6. The molecule has 1 aliphatic rings. The summed E-state index contributed by atoms with van der Waals surface area (Å²) in [6.45, 7) is 1.09. The number of nitrogens with zero attached hydrogens (tertiary/aromatic N) is 3. The van der Waals surface area contributed by atoms with Crippen LogP contribution in [0.25, 0.3) is 10.9 Å². The molecular weight excluding hydrogens is 304 g/mol. The fraction of sp³-hybridized carbons (Fsp3) is 0.167. The number of anilines is 1. The van der Waals surface area contributed by atoms with Gasteiger partial charge in [-0.3, -0.25) is 14.7 Å². The van der Waals surface area contributed by atoms with E-state index in [0.29, 0.717) is 18.7 Å². The van der Waals surface area contributed by atoms with E-state index in [-0.39, 0.29) is 18.4 Å². The van der Waals surface area contributed by atoms with Crippen LogP contribution in [-0.2, 0) is 4.79 Å². The molecule has 2 heterocycles. The van der Waals surface area contributed by atoms with E-state index in [4.69, 9.17) is 0 Å². The van der Waals surface area contributed by atoms with E-state index in [1.54, 1.807) is 22.1 Å². The molecule has 0 saturated carbocycles. The van der Waals surface area contributed by atoms with E-state index in [0.717, 1.165) is 16.6 Å². The second-order valence-corrected chi connectivity index (χ2v) is 5.74. The first-order valence-corrected chi connectivity index (χ1v) is 7.81. The number of benzene rings is 2. The van der Waals surface area contributed by atoms with Crippen molar-refractivity contribution in [2.24, 2.45) is 0 Å². The summed E-state index contributed by atoms with van der Waals surface area (Å²) < 4.78 is 0. The third-order valence-electron chi connectivity index (χ3n) is 4.29. The van der Waals surface area contributed by atoms with Crippen LogP contribution in [0.4, 0.5) is 5.69 Å². The highest BCUT2D eigenvalue weighted by atomic mass is 16.2. The quantitative estimate of drug-likeness (QED) is 0.786. The maximum absolute atomic E-state index is 12.8. The Labute approximate surface area is 138 Å². The van der Waals surface area contributed by atoms with E-state index in [1.165, 1.54) is 0 Å². The highest BCUT2D eigenvalue weighted by Crippen LogP contribution is 2.21. The molecule has 0 radical (unpaired) electrons. The molecule has 4 rings (SSSR count). The van der Waals surface area contributed by atoms with Crippen LogP contribution in [0.5, 0.6) is 0 Å². The Bertz CT molecular complexity index is 904. The predicted octanol–water partition coefficient (Wildman–Crippen LogP) is 2.05. The number of amides is 2. The van der Waals surface area contributed by atoms with Crippen LogP contribution in [0.2, 0.25) is 0 Å². The number of carbonyl (C=O) groups is 2. The average molecular weight is 320 g/mol. The van der Waals surface area contributed by atoms with Crippen molar-refractivity contribution >= 4 is 28.4 Å². The van der Waals surface area contributed by atoms with Crippen LogP contribution in [0.1, 0.15) is 10.4 Å². The molecule has 1 saturated heterocycles. The van der Waals surface area contributed by atoms with Gasteiger partial charge < -0.3 is 9.80 Å². The SMILES string of the molecule is O=C(c1cccc2[nH]ncc12)N1CCN(c2ccccc2)C(=O)C1. The molecule has 2 aromatic carbocycles. The van der Waals surface area contributed by atoms with Crippen molar-refractivity contribution in [2.45, 2.75) is 0 Å². The van der Waals surface area contributed by atoms with Crippen molar-refractivity contribution in [3.05, 3.63) is 60.3 Å². The standard InChI is InChI=1S/C18H16N4O2/c23-17-12-21(9-10-22(17)13-5-2-1-3-6-13)18(24)14-7-4-8-16-15(14)11-19-20-16/h1-8,11H,9-10,12H2,(H,19,20). The molecule has 1 aliphatic heterocycles. The first-order chi connectivity index (χ1) is 11.7. The zero-order valence-corrected chi connectivity index (χ0v) is 13.0. The van der Waals surface area contributed by atoms with Gasteiger partial charge >= 0.3 is 0 Å². The molecular formula is C18H16N4O2. The van der Waals surface area contributed by atoms with Crippen molar-refractivity contribution in [3.8, 4) is 0 Å². The number of carbonyl (C=O) groups excluding carboxylic acids is 2. The summed E-state index contributed by atoms with van der Waals surface area (Å²) in [5, 5.41) is 7.62. The lowest BCUT2D eigenvalue weighted by Crippen LogP contribution is -2.52. The van der Waals surface area contributed by atoms with Gasteiger partial charge in [-0.05, 0) is 24.3 Å². The summed E-state index contributed by atoms with van der Waals surface area (Å²) in [6, 6.07) is 15.0. The molecule has 0 bridgehead atoms. The lowest BCUT2D eigenvalue weighted by atomic mass is 10.1. The highest BCUT2D eigenvalue weighted by molar-refractivity contribution is 6.08. The van der Waals surface area contributed by atoms with E-state index in [1.807, 2.05) is 42.5 Å². The Balaban J connectivity index is 1.56. The lowest BCUT2D eigenvalue weighted by Gasteiger charge is -2.34. The molecule has 2 amide bonds. The monoisotopic (exact) mass is 320 g/mol. The minimum atomic E-state index is -0.136. The minimum absolute atomic E-state index is 0.0693. The summed E-state index contributed by atoms with van der Waals surface area (Å²) in [6.07, 6.45) is 1.64. The van der Waals surface area contributed by atoms with Gasteiger partial charge in [0.25, 0.3) is 5.91 Å². The second-order valence-electron chi connectivity index (χ2n) is 5.74. The Kier molecular flexibility index (Phi) is 3.49. The molecule has 6 nitrogen and oxygen atoms in total. The fourth-order valence-corrected chi connectivity index (χ4v) is 3.05. The maximum Gasteiger partial charge on any atom is 0.255 e. The summed E-state index contributed by atoms with van der Waals surface area (Å²) >= 11 is 0. The fourth-order valence-electron chi connectivity index (χ4n) is 3.05. The number of aromatic nitrogens is 2. The van der Waals surface area contributed by atoms with Crippen LogP contribution in [0, 0.1) is 0 Å². The number of para-hydroxylation sites is 1. The Hall–Kier alpha value is -3.15. The normalized spacial score (nSPS) is 15.1. The Morgan fingerprint density at radius 2 is 1.88 bits per heavy atom. The number of rotatable bonds is 2. The molecule has 120 valence electrons. The lowest BCUT2D eigenvalue weighted by molar-refractivity contribution is -0.120. The van der Waals surface area contributed by atoms with Crippen molar-refractivity contribution in [2.75, 3.05) is 24.5 Å². The van der Waals surface area contributed by atoms with Crippen LogP contribution in [0.3, 0.4) is 0 Å². The minimum Gasteiger partial charge on any atom is -0.328 e. The van der Waals surface area contributed by atoms with Gasteiger partial charge in [0, 0.05) is 24.2 Å². The molecule has 1 N–H and O–H groups in total. The van der Waals surface area contributed by atoms with Crippen LogP contribution in [-0.4, -0.2) is 46.5 Å². The molecule has 1 fully saturated rings. The molecule has 3 aromatic rings. The molecule has 0 atom stereocenters. The highest BCUT2D eigenvalue weighted by Gasteiger charge is 2.29. The van der Waals surface area contributed by atoms with E-state index in [9.17, 15) is 9.59 Å². The average Bonchev–Trinajstić information content (AvgIpc) is 3.10. The van der Waals surface area contributed by atoms with Gasteiger partial charge in [0.15, 0.2) is 0 Å². The largest absolute Gasteiger partial charge is 0.328 e. The summed E-state index contributed by atoms with van der Waals surface area (Å²) in [7, 11) is 0. The number of aromatic amines is 1. The third kappa shape index (κ3) is 2.42. The number of hydrogen-bond donors (Lipinski definition) is 1. The molecule has 0 spiro atoms. The third-order valence-corrected chi connectivity index (χ3v) is 4.29. The smallest absolute Gasteiger partial charge is 0.255 e. The van der Waals surface area contributed by atoms with Gasteiger partial charge in [-0.2, -0.15) is 5.10 Å². The van der Waals surface area contributed by atoms with E-state index in [2.05, 4.69) is 10.2 Å². The van der Waals surface area contributed by atoms with Gasteiger partial charge in [-0.15, -0.1) is 0 Å². The maximum atomic E-state index is 12.8. The number of nitrogens with one attached hydrogen (secondary N) is 1. The second kappa shape index (κ2) is 5.81. The van der Waals surface area contributed by atoms with Crippen molar-refractivity contribution in [1.82, 2.24) is 15.1 Å². The van der Waals surface area contributed by atoms with Crippen LogP contribution >= 0.6 is 0 Å². The number of fused-ring (bicyclic) bond motifs is 1. The van der Waals surface area contributed by atoms with Gasteiger partial charge in [-0.25, -0.2) is 0 Å². The molecule has 0 aliphatic carbocycles. The number of hydrogen-bond acceptors (Lipinski definition) is 3. The van der Waals surface area contributed by atoms with Crippen molar-refractivity contribution < 1.29 is 9.59 Å². The number of piperazine rings is 1. The van der Waals surface area contributed by atoms with E-state index < -0.39 is 0 Å². The van der Waals surface area contributed by atoms with Gasteiger partial charge in [0.1, 0.15) is 6.54 Å². The van der Waals surface area contributed by atoms with Crippen LogP contribution in [0.15, 0.2) is 54.7 Å². The topological polar surface area (TPSA) is 69.3 Å². The Morgan fingerprint density at radius 3 is 2.67 bits per heavy atom. The zero-order chi connectivity index (χ0) is 16.5. The summed E-state index contributed by atoms with van der Waals surface area (Å²) in [5.41, 5.74) is 2.25. The molecule has 6 heteroatoms. The van der Waals surface area contributed by atoms with Gasteiger partial charge in [0.05, 0.1) is 17.3 Å². The van der Waals surface area contributed by atoms with E-state index >= 15 is 0 Å². The van der Waals surface area contributed by atoms with Crippen molar-refractivity contribution in [1.29, 1.82) is 0 Å². The molecule has 24 heavy (non-hydrogen) atoms. The van der Waals surface area contributed by atoms with Gasteiger partial charge in [-0.1, -0.05) is 24.3 Å². The van der Waals surface area contributed by atoms with Gasteiger partial charge in [0.2, 0.25) is 5.91 Å². The molecule has 0 unspecified atom stereocenters. The summed E-state index contributed by atoms with van der Waals surface area (Å²) in [5.74, 6) is -0.205. The van der Waals surface area contributed by atoms with Crippen molar-refractivity contribution in [3.63, 3.8) is 0 Å². The first-order valence-electron chi connectivity index (χ1n) is 7.81. The zero-order valence-electron chi connectivity index (χ0n) is 13.0. The molecule has 1 aromatic heterocycles. The predicted molar refractivity (Wildman–Crippen MR) is 90.8 cm³/mol. The number of H-pyrrole nitrogens is 1.